The summed E-state index contributed by atoms with van der Waals surface area (Å²) in [5.74, 6) is -3.82. The Morgan fingerprint density at radius 1 is 0.533 bits per heavy atom. The highest BCUT2D eigenvalue weighted by Crippen LogP contribution is 2.28. The molecular weight excluding hydrogens is 778 g/mol. The van der Waals surface area contributed by atoms with Gasteiger partial charge >= 0.3 is 17.9 Å². The molecule has 9 nitrogen and oxygen atoms in total. The molecule has 0 saturated carbocycles. The normalized spacial score (nSPS) is 10.8. The second-order valence-corrected chi connectivity index (χ2v) is 14.1. The van der Waals surface area contributed by atoms with Crippen LogP contribution in [0.15, 0.2) is 91.5 Å². The van der Waals surface area contributed by atoms with Crippen molar-refractivity contribution in [3.8, 4) is 34.1 Å². The summed E-state index contributed by atoms with van der Waals surface area (Å²) in [6.07, 6.45) is 12.8. The number of carbonyl (C=O) groups is 3. The van der Waals surface area contributed by atoms with Crippen LogP contribution in [0.3, 0.4) is 0 Å². The average molecular weight is 833 g/mol. The lowest BCUT2D eigenvalue weighted by atomic mass is 10.1. The van der Waals surface area contributed by atoms with Crippen LogP contribution in [0.25, 0.3) is 11.1 Å². The molecule has 322 valence electrons. The second-order valence-electron chi connectivity index (χ2n) is 14.1. The van der Waals surface area contributed by atoms with Gasteiger partial charge in [0, 0.05) is 6.08 Å². The predicted molar refractivity (Wildman–Crippen MR) is 223 cm³/mol. The summed E-state index contributed by atoms with van der Waals surface area (Å²) in [6.45, 7) is 7.47. The van der Waals surface area contributed by atoms with E-state index in [4.69, 9.17) is 28.4 Å². The highest BCUT2D eigenvalue weighted by atomic mass is 19.2. The van der Waals surface area contributed by atoms with Crippen LogP contribution in [0, 0.1) is 17.5 Å². The van der Waals surface area contributed by atoms with Gasteiger partial charge in [0.25, 0.3) is 0 Å². The molecule has 4 aromatic carbocycles. The van der Waals surface area contributed by atoms with E-state index in [1.807, 2.05) is 0 Å². The van der Waals surface area contributed by atoms with Crippen molar-refractivity contribution in [2.75, 3.05) is 33.0 Å². The van der Waals surface area contributed by atoms with Gasteiger partial charge in [-0.2, -0.15) is 0 Å². The lowest BCUT2D eigenvalue weighted by molar-refractivity contribution is -0.137. The molecule has 0 saturated heterocycles. The fourth-order valence-corrected chi connectivity index (χ4v) is 6.03. The first-order valence-electron chi connectivity index (χ1n) is 20.7. The average Bonchev–Trinajstić information content (AvgIpc) is 3.26. The van der Waals surface area contributed by atoms with Crippen molar-refractivity contribution in [2.45, 2.75) is 90.4 Å². The van der Waals surface area contributed by atoms with Crippen LogP contribution in [-0.4, -0.2) is 50.9 Å². The number of ether oxygens (including phenoxy) is 6. The third kappa shape index (κ3) is 16.5. The first-order chi connectivity index (χ1) is 29.2. The van der Waals surface area contributed by atoms with E-state index in [1.54, 1.807) is 60.7 Å². The van der Waals surface area contributed by atoms with Gasteiger partial charge in [0.2, 0.25) is 0 Å². The summed E-state index contributed by atoms with van der Waals surface area (Å²) in [7, 11) is 0. The van der Waals surface area contributed by atoms with Crippen LogP contribution in [0.5, 0.6) is 23.0 Å². The number of carbonyl (C=O) groups excluding carboxylic acids is 3. The number of esters is 3. The smallest absolute Gasteiger partial charge is 0.343 e. The third-order valence-electron chi connectivity index (χ3n) is 9.41. The summed E-state index contributed by atoms with van der Waals surface area (Å²) >= 11 is 0. The molecule has 12 heteroatoms. The van der Waals surface area contributed by atoms with Gasteiger partial charge in [-0.25, -0.2) is 27.6 Å². The van der Waals surface area contributed by atoms with Crippen LogP contribution in [0.1, 0.15) is 111 Å². The standard InChI is InChI=1S/C48H55F3O9/c1-3-5-6-7-16-31-59-48(54)41-34-40(60-47(53)36-19-23-39(24-20-36)56-28-13-9-11-15-30-58-45(52)4-2)25-26-44(41)57-29-14-10-8-12-27-55-38-21-17-35(18-22-38)37-32-42(49)46(51)43(50)33-37/h4,17-26,32-34H,2-3,5-16,27-31H2,1H3. The Morgan fingerprint density at radius 2 is 1.03 bits per heavy atom. The Hall–Kier alpha value is -5.78. The van der Waals surface area contributed by atoms with Gasteiger partial charge in [-0.05, 0) is 136 Å². The largest absolute Gasteiger partial charge is 0.494 e. The van der Waals surface area contributed by atoms with E-state index in [9.17, 15) is 27.6 Å². The highest BCUT2D eigenvalue weighted by Gasteiger charge is 2.18. The van der Waals surface area contributed by atoms with Crippen molar-refractivity contribution in [3.63, 3.8) is 0 Å². The summed E-state index contributed by atoms with van der Waals surface area (Å²) < 4.78 is 74.4. The van der Waals surface area contributed by atoms with Crippen molar-refractivity contribution >= 4 is 17.9 Å². The van der Waals surface area contributed by atoms with Crippen LogP contribution in [0.2, 0.25) is 0 Å². The van der Waals surface area contributed by atoms with Crippen LogP contribution < -0.4 is 18.9 Å². The van der Waals surface area contributed by atoms with E-state index >= 15 is 0 Å². The molecule has 0 amide bonds. The van der Waals surface area contributed by atoms with Gasteiger partial charge < -0.3 is 28.4 Å². The molecule has 0 radical (unpaired) electrons. The van der Waals surface area contributed by atoms with Crippen molar-refractivity contribution in [1.82, 2.24) is 0 Å². The van der Waals surface area contributed by atoms with E-state index in [0.717, 1.165) is 102 Å². The summed E-state index contributed by atoms with van der Waals surface area (Å²) in [4.78, 5) is 37.4. The molecule has 4 rings (SSSR count). The molecule has 4 aromatic rings. The number of hydrogen-bond acceptors (Lipinski definition) is 9. The Kier molecular flexibility index (Phi) is 20.6. The topological polar surface area (TPSA) is 107 Å². The van der Waals surface area contributed by atoms with Gasteiger partial charge in [0.15, 0.2) is 17.5 Å². The van der Waals surface area contributed by atoms with Crippen LogP contribution in [0.4, 0.5) is 13.2 Å². The zero-order valence-corrected chi connectivity index (χ0v) is 34.3. The Morgan fingerprint density at radius 3 is 1.60 bits per heavy atom. The summed E-state index contributed by atoms with van der Waals surface area (Å²) in [6, 6.07) is 19.9. The highest BCUT2D eigenvalue weighted by molar-refractivity contribution is 5.94. The molecule has 0 aliphatic heterocycles. The van der Waals surface area contributed by atoms with Crippen LogP contribution >= 0.6 is 0 Å². The summed E-state index contributed by atoms with van der Waals surface area (Å²) in [5.41, 5.74) is 1.25. The Bertz CT molecular complexity index is 1920. The van der Waals surface area contributed by atoms with Gasteiger partial charge in [0.1, 0.15) is 28.6 Å². The van der Waals surface area contributed by atoms with E-state index in [1.165, 1.54) is 6.07 Å². The first kappa shape index (κ1) is 46.9. The molecule has 0 N–H and O–H groups in total. The minimum absolute atomic E-state index is 0.171. The molecule has 60 heavy (non-hydrogen) atoms. The minimum Gasteiger partial charge on any atom is -0.494 e. The molecule has 0 aliphatic carbocycles. The first-order valence-corrected chi connectivity index (χ1v) is 20.7. The monoisotopic (exact) mass is 832 g/mol. The molecule has 0 bridgehead atoms. The van der Waals surface area contributed by atoms with Crippen molar-refractivity contribution in [1.29, 1.82) is 0 Å². The van der Waals surface area contributed by atoms with Crippen molar-refractivity contribution in [3.05, 3.63) is 120 Å². The van der Waals surface area contributed by atoms with E-state index in [0.29, 0.717) is 54.8 Å². The summed E-state index contributed by atoms with van der Waals surface area (Å²) in [5, 5.41) is 0. The lowest BCUT2D eigenvalue weighted by Gasteiger charge is -2.13. The predicted octanol–water partition coefficient (Wildman–Crippen LogP) is 11.8. The molecule has 0 spiro atoms. The minimum atomic E-state index is -1.50. The quantitative estimate of drug-likeness (QED) is 0.0182. The fraction of sp³-hybridized carbons (Fsp3) is 0.396. The molecule has 0 atom stereocenters. The van der Waals surface area contributed by atoms with Crippen molar-refractivity contribution in [2.24, 2.45) is 0 Å². The fourth-order valence-electron chi connectivity index (χ4n) is 6.03. The number of benzene rings is 4. The van der Waals surface area contributed by atoms with Gasteiger partial charge in [-0.15, -0.1) is 0 Å². The maximum atomic E-state index is 13.6. The maximum Gasteiger partial charge on any atom is 0.343 e. The zero-order chi connectivity index (χ0) is 43.0. The molecule has 0 aromatic heterocycles. The maximum absolute atomic E-state index is 13.6. The zero-order valence-electron chi connectivity index (χ0n) is 34.3. The van der Waals surface area contributed by atoms with E-state index in [-0.39, 0.29) is 23.5 Å². The second kappa shape index (κ2) is 26.3. The van der Waals surface area contributed by atoms with Crippen molar-refractivity contribution < 1.29 is 56.0 Å². The molecule has 0 unspecified atom stereocenters. The molecular formula is C48H55F3O9. The van der Waals surface area contributed by atoms with Crippen LogP contribution in [-0.2, 0) is 14.3 Å². The molecule has 0 aliphatic rings. The van der Waals surface area contributed by atoms with E-state index in [2.05, 4.69) is 13.5 Å². The van der Waals surface area contributed by atoms with Gasteiger partial charge in [-0.3, -0.25) is 0 Å². The number of halogens is 3. The Balaban J connectivity index is 1.21. The van der Waals surface area contributed by atoms with Gasteiger partial charge in [-0.1, -0.05) is 51.3 Å². The number of rotatable bonds is 28. The number of hydrogen-bond donors (Lipinski definition) is 0. The molecule has 0 fully saturated rings. The lowest BCUT2D eigenvalue weighted by Crippen LogP contribution is -2.12. The third-order valence-corrected chi connectivity index (χ3v) is 9.41. The molecule has 0 heterocycles. The number of unbranched alkanes of at least 4 members (excludes halogenated alkanes) is 10. The Labute approximate surface area is 350 Å². The van der Waals surface area contributed by atoms with E-state index < -0.39 is 35.4 Å². The van der Waals surface area contributed by atoms with Gasteiger partial charge in [0.05, 0.1) is 38.6 Å². The SMILES string of the molecule is C=CC(=O)OCCCCCCOc1ccc(C(=O)Oc2ccc(OCCCCCCOc3ccc(-c4cc(F)c(F)c(F)c4)cc3)c(C(=O)OCCCCCCC)c2)cc1.